The Kier molecular flexibility index (Phi) is 5.82. The summed E-state index contributed by atoms with van der Waals surface area (Å²) in [5.74, 6) is 0.275. The van der Waals surface area contributed by atoms with Crippen molar-refractivity contribution in [1.29, 1.82) is 0 Å². The predicted molar refractivity (Wildman–Crippen MR) is 104 cm³/mol. The highest BCUT2D eigenvalue weighted by Gasteiger charge is 2.41. The summed E-state index contributed by atoms with van der Waals surface area (Å²) >= 11 is 0. The van der Waals surface area contributed by atoms with Gasteiger partial charge in [0.05, 0.1) is 5.69 Å². The number of rotatable bonds is 5. The lowest BCUT2D eigenvalue weighted by Crippen LogP contribution is -2.61. The molecule has 3 heterocycles. The third kappa shape index (κ3) is 3.86. The van der Waals surface area contributed by atoms with Crippen LogP contribution in [0.25, 0.3) is 0 Å². The Morgan fingerprint density at radius 3 is 2.77 bits per heavy atom. The average molecular weight is 360 g/mol. The van der Waals surface area contributed by atoms with E-state index in [1.807, 2.05) is 11.0 Å². The number of aromatic nitrogens is 2. The van der Waals surface area contributed by atoms with Gasteiger partial charge in [0.15, 0.2) is 0 Å². The van der Waals surface area contributed by atoms with E-state index in [1.165, 1.54) is 11.3 Å². The van der Waals surface area contributed by atoms with Gasteiger partial charge in [0, 0.05) is 56.9 Å². The number of nitrogens with one attached hydrogen (secondary N) is 1. The number of likely N-dealkylation sites (N-methyl/N-ethyl adjacent to an activating group) is 1. The van der Waals surface area contributed by atoms with E-state index in [-0.39, 0.29) is 11.4 Å². The summed E-state index contributed by atoms with van der Waals surface area (Å²) in [6.45, 7) is 13.8. The molecule has 2 aliphatic rings. The van der Waals surface area contributed by atoms with Crippen molar-refractivity contribution in [2.45, 2.75) is 45.1 Å². The molecule has 1 unspecified atom stereocenters. The van der Waals surface area contributed by atoms with Crippen molar-refractivity contribution < 1.29 is 4.79 Å². The Bertz CT molecular complexity index is 635. The second kappa shape index (κ2) is 7.92. The van der Waals surface area contributed by atoms with E-state index in [9.17, 15) is 4.79 Å². The Hall–Kier alpha value is -1.66. The number of piperazine rings is 1. The number of carbonyl (C=O) groups is 1. The Morgan fingerprint density at radius 1 is 1.27 bits per heavy atom. The molecule has 6 nitrogen and oxygen atoms in total. The van der Waals surface area contributed by atoms with Crippen molar-refractivity contribution in [3.05, 3.63) is 29.6 Å². The lowest BCUT2D eigenvalue weighted by atomic mass is 9.86. The number of H-pyrrole nitrogens is 1. The monoisotopic (exact) mass is 359 g/mol. The van der Waals surface area contributed by atoms with Gasteiger partial charge in [-0.05, 0) is 45.7 Å². The summed E-state index contributed by atoms with van der Waals surface area (Å²) in [6.07, 6.45) is 5.52. The molecule has 2 aliphatic heterocycles. The number of hydrogen-bond acceptors (Lipinski definition) is 4. The first kappa shape index (κ1) is 19.1. The Labute approximate surface area is 157 Å². The highest BCUT2D eigenvalue weighted by Crippen LogP contribution is 2.32. The fourth-order valence-electron chi connectivity index (χ4n) is 4.53. The molecular formula is C20H33N5O. The molecule has 0 aliphatic carbocycles. The van der Waals surface area contributed by atoms with Crippen molar-refractivity contribution in [3.8, 4) is 0 Å². The molecule has 1 N–H and O–H groups in total. The van der Waals surface area contributed by atoms with Crippen LogP contribution in [-0.2, 0) is 11.2 Å². The average Bonchev–Trinajstić information content (AvgIpc) is 2.86. The Morgan fingerprint density at radius 2 is 2.08 bits per heavy atom. The molecule has 1 aromatic rings. The number of likely N-dealkylation sites (tertiary alicyclic amines) is 1. The number of nitrogens with zero attached hydrogens (tertiary/aromatic N) is 4. The zero-order valence-corrected chi connectivity index (χ0v) is 16.6. The third-order valence-corrected chi connectivity index (χ3v) is 6.39. The van der Waals surface area contributed by atoms with E-state index in [4.69, 9.17) is 0 Å². The summed E-state index contributed by atoms with van der Waals surface area (Å²) < 4.78 is 0. The minimum absolute atomic E-state index is 0.115. The van der Waals surface area contributed by atoms with E-state index in [0.29, 0.717) is 13.0 Å². The topological polar surface area (TPSA) is 55.5 Å². The van der Waals surface area contributed by atoms with Crippen LogP contribution in [0, 0.1) is 13.8 Å². The first-order valence-electron chi connectivity index (χ1n) is 9.78. The quantitative estimate of drug-likeness (QED) is 0.814. The van der Waals surface area contributed by atoms with Crippen molar-refractivity contribution in [1.82, 2.24) is 24.9 Å². The van der Waals surface area contributed by atoms with Gasteiger partial charge in [-0.1, -0.05) is 6.08 Å². The van der Waals surface area contributed by atoms with E-state index >= 15 is 0 Å². The van der Waals surface area contributed by atoms with Gasteiger partial charge >= 0.3 is 0 Å². The van der Waals surface area contributed by atoms with E-state index in [0.717, 1.165) is 57.7 Å². The molecule has 2 fully saturated rings. The van der Waals surface area contributed by atoms with Crippen LogP contribution in [0.4, 0.5) is 0 Å². The molecule has 1 aromatic heterocycles. The molecule has 2 saturated heterocycles. The maximum absolute atomic E-state index is 12.4. The van der Waals surface area contributed by atoms with Crippen LogP contribution in [0.5, 0.6) is 0 Å². The van der Waals surface area contributed by atoms with Gasteiger partial charge < -0.3 is 4.90 Å². The highest BCUT2D eigenvalue weighted by atomic mass is 16.2. The highest BCUT2D eigenvalue weighted by molar-refractivity contribution is 5.76. The smallest absolute Gasteiger partial charge is 0.222 e. The minimum Gasteiger partial charge on any atom is -0.339 e. The Balaban J connectivity index is 1.65. The summed E-state index contributed by atoms with van der Waals surface area (Å²) in [5, 5.41) is 7.41. The van der Waals surface area contributed by atoms with Gasteiger partial charge in [-0.15, -0.1) is 6.58 Å². The second-order valence-corrected chi connectivity index (χ2v) is 7.96. The number of amides is 1. The van der Waals surface area contributed by atoms with Crippen LogP contribution >= 0.6 is 0 Å². The van der Waals surface area contributed by atoms with Crippen LogP contribution in [0.3, 0.4) is 0 Å². The van der Waals surface area contributed by atoms with Gasteiger partial charge in [0.1, 0.15) is 0 Å². The SMILES string of the molecule is C=CCN1CCC2(CCC1=O)CN(CCc1c(C)n[nH]c1C)CCN2C. The number of aryl methyl sites for hydroxylation is 2. The zero-order chi connectivity index (χ0) is 18.7. The van der Waals surface area contributed by atoms with Crippen LogP contribution in [0.1, 0.15) is 36.2 Å². The summed E-state index contributed by atoms with van der Waals surface area (Å²) in [6, 6.07) is 0. The van der Waals surface area contributed by atoms with E-state index < -0.39 is 0 Å². The first-order valence-corrected chi connectivity index (χ1v) is 9.78. The van der Waals surface area contributed by atoms with Gasteiger partial charge in [0.25, 0.3) is 0 Å². The molecule has 144 valence electrons. The molecule has 0 aromatic carbocycles. The lowest BCUT2D eigenvalue weighted by molar-refractivity contribution is -0.130. The minimum atomic E-state index is 0.115. The fraction of sp³-hybridized carbons (Fsp3) is 0.700. The predicted octanol–water partition coefficient (Wildman–Crippen LogP) is 1.75. The zero-order valence-electron chi connectivity index (χ0n) is 16.6. The van der Waals surface area contributed by atoms with Gasteiger partial charge in [-0.2, -0.15) is 5.10 Å². The van der Waals surface area contributed by atoms with Crippen LogP contribution in [0.15, 0.2) is 12.7 Å². The molecule has 1 spiro atoms. The van der Waals surface area contributed by atoms with E-state index in [1.54, 1.807) is 0 Å². The second-order valence-electron chi connectivity index (χ2n) is 7.96. The van der Waals surface area contributed by atoms with Crippen molar-refractivity contribution in [3.63, 3.8) is 0 Å². The number of carbonyl (C=O) groups excluding carboxylic acids is 1. The maximum Gasteiger partial charge on any atom is 0.222 e. The third-order valence-electron chi connectivity index (χ3n) is 6.39. The molecule has 0 bridgehead atoms. The molecule has 0 saturated carbocycles. The summed E-state index contributed by atoms with van der Waals surface area (Å²) in [5.41, 5.74) is 3.77. The molecular weight excluding hydrogens is 326 g/mol. The maximum atomic E-state index is 12.4. The fourth-order valence-corrected chi connectivity index (χ4v) is 4.53. The molecule has 0 radical (unpaired) electrons. The first-order chi connectivity index (χ1) is 12.4. The molecule has 1 atom stereocenters. The summed E-state index contributed by atoms with van der Waals surface area (Å²) in [7, 11) is 2.23. The van der Waals surface area contributed by atoms with Crippen LogP contribution < -0.4 is 0 Å². The number of aromatic amines is 1. The van der Waals surface area contributed by atoms with Crippen molar-refractivity contribution in [2.24, 2.45) is 0 Å². The van der Waals surface area contributed by atoms with Crippen molar-refractivity contribution in [2.75, 3.05) is 46.3 Å². The lowest BCUT2D eigenvalue weighted by Gasteiger charge is -2.49. The van der Waals surface area contributed by atoms with Gasteiger partial charge in [0.2, 0.25) is 5.91 Å². The van der Waals surface area contributed by atoms with Gasteiger partial charge in [-0.3, -0.25) is 19.7 Å². The molecule has 3 rings (SSSR count). The standard InChI is InChI=1S/C20H33N5O/c1-5-10-25-12-9-20(8-6-19(25)26)15-24(14-13-23(20)4)11-7-18-16(2)21-22-17(18)3/h5H,1,6-15H2,2-4H3,(H,21,22). The summed E-state index contributed by atoms with van der Waals surface area (Å²) in [4.78, 5) is 19.5. The van der Waals surface area contributed by atoms with Crippen molar-refractivity contribution >= 4 is 5.91 Å². The normalized spacial score (nSPS) is 25.7. The number of hydrogen-bond donors (Lipinski definition) is 1. The molecule has 1 amide bonds. The molecule has 26 heavy (non-hydrogen) atoms. The largest absolute Gasteiger partial charge is 0.339 e. The van der Waals surface area contributed by atoms with Crippen LogP contribution in [0.2, 0.25) is 0 Å². The van der Waals surface area contributed by atoms with Gasteiger partial charge in [-0.25, -0.2) is 0 Å². The molecule has 6 heteroatoms. The van der Waals surface area contributed by atoms with Crippen LogP contribution in [-0.4, -0.2) is 82.7 Å². The van der Waals surface area contributed by atoms with E-state index in [2.05, 4.69) is 47.5 Å².